The first-order valence-electron chi connectivity index (χ1n) is 6.53. The highest BCUT2D eigenvalue weighted by atomic mass is 127. The Hall–Kier alpha value is -0.910. The number of fused-ring (bicyclic) bond motifs is 1. The molecule has 1 N–H and O–H groups in total. The van der Waals surface area contributed by atoms with E-state index in [9.17, 15) is 4.39 Å². The zero-order valence-corrected chi connectivity index (χ0v) is 13.6. The maximum absolute atomic E-state index is 13.6. The lowest BCUT2D eigenvalue weighted by Gasteiger charge is -2.13. The Morgan fingerprint density at radius 3 is 2.68 bits per heavy atom. The monoisotopic (exact) mass is 372 g/mol. The molecule has 2 aromatic rings. The zero-order valence-electron chi connectivity index (χ0n) is 11.4. The van der Waals surface area contributed by atoms with Gasteiger partial charge in [-0.1, -0.05) is 13.8 Å². The van der Waals surface area contributed by atoms with Gasteiger partial charge in [0.05, 0.1) is 5.52 Å². The molecule has 0 aliphatic rings. The van der Waals surface area contributed by atoms with Gasteiger partial charge in [-0.05, 0) is 60.1 Å². The smallest absolute Gasteiger partial charge is 0.125 e. The summed E-state index contributed by atoms with van der Waals surface area (Å²) in [5.74, 6) is 0.340. The third-order valence-corrected chi connectivity index (χ3v) is 3.69. The molecule has 1 heterocycles. The Bertz CT molecular complexity index is 596. The maximum atomic E-state index is 13.6. The van der Waals surface area contributed by atoms with Crippen LogP contribution in [0.3, 0.4) is 0 Å². The summed E-state index contributed by atoms with van der Waals surface area (Å²) in [6.45, 7) is 7.20. The average molecular weight is 372 g/mol. The van der Waals surface area contributed by atoms with Crippen LogP contribution in [0.2, 0.25) is 0 Å². The predicted molar refractivity (Wildman–Crippen MR) is 87.1 cm³/mol. The first kappa shape index (κ1) is 14.5. The molecule has 2 nitrogen and oxygen atoms in total. The van der Waals surface area contributed by atoms with E-state index in [-0.39, 0.29) is 5.82 Å². The second kappa shape index (κ2) is 6.03. The van der Waals surface area contributed by atoms with Gasteiger partial charge in [-0.15, -0.1) is 0 Å². The van der Waals surface area contributed by atoms with Crippen molar-refractivity contribution in [1.82, 2.24) is 4.98 Å². The molecule has 1 aromatic heterocycles. The van der Waals surface area contributed by atoms with Gasteiger partial charge < -0.3 is 5.32 Å². The van der Waals surface area contributed by atoms with Gasteiger partial charge in [-0.25, -0.2) is 4.39 Å². The third kappa shape index (κ3) is 3.35. The molecule has 102 valence electrons. The SMILES string of the molecule is CCNc1cc(CC(C)C)nc2c(I)cc(F)cc12. The van der Waals surface area contributed by atoms with Crippen LogP contribution >= 0.6 is 22.6 Å². The molecule has 0 atom stereocenters. The number of aromatic nitrogens is 1. The molecule has 0 aliphatic heterocycles. The standard InChI is InChI=1S/C15H18FIN2/c1-4-18-14-8-11(5-9(2)3)19-15-12(14)6-10(16)7-13(15)17/h6-9H,4-5H2,1-3H3,(H,18,19). The number of anilines is 1. The number of nitrogens with zero attached hydrogens (tertiary/aromatic N) is 1. The van der Waals surface area contributed by atoms with E-state index in [1.54, 1.807) is 6.07 Å². The average Bonchev–Trinajstić information content (AvgIpc) is 2.30. The molecule has 2 rings (SSSR count). The van der Waals surface area contributed by atoms with Crippen molar-refractivity contribution >= 4 is 39.2 Å². The van der Waals surface area contributed by atoms with Crippen LogP contribution in [0.25, 0.3) is 10.9 Å². The van der Waals surface area contributed by atoms with E-state index in [0.717, 1.165) is 38.8 Å². The van der Waals surface area contributed by atoms with Crippen LogP contribution in [-0.4, -0.2) is 11.5 Å². The highest BCUT2D eigenvalue weighted by Crippen LogP contribution is 2.28. The molecule has 19 heavy (non-hydrogen) atoms. The molecule has 0 spiro atoms. The first-order valence-corrected chi connectivity index (χ1v) is 7.61. The van der Waals surface area contributed by atoms with E-state index in [0.29, 0.717) is 5.92 Å². The summed E-state index contributed by atoms with van der Waals surface area (Å²) in [5, 5.41) is 4.17. The van der Waals surface area contributed by atoms with Crippen molar-refractivity contribution < 1.29 is 4.39 Å². The van der Waals surface area contributed by atoms with Crippen LogP contribution in [0.1, 0.15) is 26.5 Å². The van der Waals surface area contributed by atoms with Crippen molar-refractivity contribution in [2.45, 2.75) is 27.2 Å². The molecule has 1 aromatic carbocycles. The summed E-state index contributed by atoms with van der Waals surface area (Å²) < 4.78 is 14.4. The fourth-order valence-corrected chi connectivity index (χ4v) is 2.87. The van der Waals surface area contributed by atoms with Crippen molar-refractivity contribution in [3.05, 3.63) is 33.3 Å². The number of hydrogen-bond acceptors (Lipinski definition) is 2. The largest absolute Gasteiger partial charge is 0.385 e. The van der Waals surface area contributed by atoms with Gasteiger partial charge >= 0.3 is 0 Å². The highest BCUT2D eigenvalue weighted by Gasteiger charge is 2.11. The van der Waals surface area contributed by atoms with E-state index >= 15 is 0 Å². The number of rotatable bonds is 4. The van der Waals surface area contributed by atoms with Crippen LogP contribution < -0.4 is 5.32 Å². The predicted octanol–water partition coefficient (Wildman–Crippen LogP) is 4.61. The second-order valence-corrected chi connectivity index (χ2v) is 6.24. The first-order chi connectivity index (χ1) is 9.01. The molecular formula is C15H18FIN2. The molecule has 0 aliphatic carbocycles. The maximum Gasteiger partial charge on any atom is 0.125 e. The molecule has 0 radical (unpaired) electrons. The Balaban J connectivity index is 2.64. The van der Waals surface area contributed by atoms with Crippen LogP contribution in [0.5, 0.6) is 0 Å². The summed E-state index contributed by atoms with van der Waals surface area (Å²) in [6.07, 6.45) is 0.932. The number of pyridine rings is 1. The molecule has 0 unspecified atom stereocenters. The minimum atomic E-state index is -0.213. The van der Waals surface area contributed by atoms with Crippen molar-refractivity contribution in [3.8, 4) is 0 Å². The van der Waals surface area contributed by atoms with Gasteiger partial charge in [0.25, 0.3) is 0 Å². The zero-order chi connectivity index (χ0) is 14.0. The van der Waals surface area contributed by atoms with E-state index in [1.165, 1.54) is 6.07 Å². The van der Waals surface area contributed by atoms with Gasteiger partial charge in [0.15, 0.2) is 0 Å². The molecule has 0 amide bonds. The van der Waals surface area contributed by atoms with Crippen molar-refractivity contribution in [2.24, 2.45) is 5.92 Å². The summed E-state index contributed by atoms with van der Waals surface area (Å²) in [7, 11) is 0. The van der Waals surface area contributed by atoms with Crippen molar-refractivity contribution in [3.63, 3.8) is 0 Å². The van der Waals surface area contributed by atoms with Crippen LogP contribution in [0, 0.1) is 15.3 Å². The number of halogens is 2. The van der Waals surface area contributed by atoms with Crippen LogP contribution in [0.4, 0.5) is 10.1 Å². The lowest BCUT2D eigenvalue weighted by molar-refractivity contribution is 0.627. The van der Waals surface area contributed by atoms with Crippen molar-refractivity contribution in [2.75, 3.05) is 11.9 Å². The molecule has 0 bridgehead atoms. The number of benzene rings is 1. The molecule has 0 fully saturated rings. The molecule has 0 saturated heterocycles. The summed E-state index contributed by atoms with van der Waals surface area (Å²) in [4.78, 5) is 4.68. The van der Waals surface area contributed by atoms with Crippen LogP contribution in [0.15, 0.2) is 18.2 Å². The van der Waals surface area contributed by atoms with Crippen molar-refractivity contribution in [1.29, 1.82) is 0 Å². The van der Waals surface area contributed by atoms with Crippen LogP contribution in [-0.2, 0) is 6.42 Å². The lowest BCUT2D eigenvalue weighted by atomic mass is 10.1. The van der Waals surface area contributed by atoms with Gasteiger partial charge in [0.1, 0.15) is 5.82 Å². The molecule has 0 saturated carbocycles. The minimum absolute atomic E-state index is 0.213. The van der Waals surface area contributed by atoms with Gasteiger partial charge in [0.2, 0.25) is 0 Å². The fraction of sp³-hybridized carbons (Fsp3) is 0.400. The minimum Gasteiger partial charge on any atom is -0.385 e. The summed E-state index contributed by atoms with van der Waals surface area (Å²) >= 11 is 2.15. The Labute approximate surface area is 126 Å². The summed E-state index contributed by atoms with van der Waals surface area (Å²) in [5.41, 5.74) is 2.92. The van der Waals surface area contributed by atoms with Gasteiger partial charge in [-0.2, -0.15) is 0 Å². The topological polar surface area (TPSA) is 24.9 Å². The van der Waals surface area contributed by atoms with Gasteiger partial charge in [0, 0.05) is 26.9 Å². The quantitative estimate of drug-likeness (QED) is 0.793. The fourth-order valence-electron chi connectivity index (χ4n) is 2.16. The third-order valence-electron chi connectivity index (χ3n) is 2.87. The highest BCUT2D eigenvalue weighted by molar-refractivity contribution is 14.1. The number of nitrogens with one attached hydrogen (secondary N) is 1. The Morgan fingerprint density at radius 1 is 1.32 bits per heavy atom. The Morgan fingerprint density at radius 2 is 2.05 bits per heavy atom. The normalized spacial score (nSPS) is 11.3. The van der Waals surface area contributed by atoms with E-state index in [2.05, 4.69) is 46.7 Å². The summed E-state index contributed by atoms with van der Waals surface area (Å²) in [6, 6.07) is 5.13. The van der Waals surface area contributed by atoms with Gasteiger partial charge in [-0.3, -0.25) is 4.98 Å². The van der Waals surface area contributed by atoms with E-state index < -0.39 is 0 Å². The second-order valence-electron chi connectivity index (χ2n) is 5.07. The van der Waals surface area contributed by atoms with E-state index in [4.69, 9.17) is 0 Å². The lowest BCUT2D eigenvalue weighted by Crippen LogP contribution is -2.04. The van der Waals surface area contributed by atoms with E-state index in [1.807, 2.05) is 13.0 Å². The number of hydrogen-bond donors (Lipinski definition) is 1. The molecular weight excluding hydrogens is 354 g/mol. The Kier molecular flexibility index (Phi) is 4.60. The molecule has 4 heteroatoms.